The van der Waals surface area contributed by atoms with Crippen LogP contribution in [0.15, 0.2) is 42.5 Å². The molecule has 0 atom stereocenters. The molecule has 4 nitrogen and oxygen atoms in total. The number of rotatable bonds is 7. The Morgan fingerprint density at radius 3 is 2.61 bits per heavy atom. The maximum Gasteiger partial charge on any atom is 0.220 e. The SMILES string of the molecule is Cc1cc(CNC(=O)CCCN)ccc1Oc1ccc(F)cc1. The summed E-state index contributed by atoms with van der Waals surface area (Å²) in [5.41, 5.74) is 7.32. The van der Waals surface area contributed by atoms with Gasteiger partial charge in [0.2, 0.25) is 5.91 Å². The maximum atomic E-state index is 12.9. The molecule has 2 aromatic rings. The van der Waals surface area contributed by atoms with Crippen LogP contribution in [0.4, 0.5) is 4.39 Å². The quantitative estimate of drug-likeness (QED) is 0.824. The van der Waals surface area contributed by atoms with Crippen molar-refractivity contribution in [3.8, 4) is 11.5 Å². The lowest BCUT2D eigenvalue weighted by Crippen LogP contribution is -2.23. The van der Waals surface area contributed by atoms with Gasteiger partial charge in [-0.05, 0) is 61.3 Å². The summed E-state index contributed by atoms with van der Waals surface area (Å²) in [7, 11) is 0. The number of aryl methyl sites for hydroxylation is 1. The first-order valence-electron chi connectivity index (χ1n) is 7.58. The van der Waals surface area contributed by atoms with E-state index in [2.05, 4.69) is 5.32 Å². The fourth-order valence-electron chi connectivity index (χ4n) is 2.12. The second-order valence-electron chi connectivity index (χ2n) is 5.32. The van der Waals surface area contributed by atoms with Gasteiger partial charge in [0.25, 0.3) is 0 Å². The zero-order valence-corrected chi connectivity index (χ0v) is 13.1. The lowest BCUT2D eigenvalue weighted by atomic mass is 10.1. The van der Waals surface area contributed by atoms with Gasteiger partial charge >= 0.3 is 0 Å². The molecule has 1 amide bonds. The van der Waals surface area contributed by atoms with Crippen LogP contribution in [-0.2, 0) is 11.3 Å². The second kappa shape index (κ2) is 8.29. The van der Waals surface area contributed by atoms with E-state index in [1.54, 1.807) is 12.1 Å². The molecule has 0 radical (unpaired) electrons. The minimum absolute atomic E-state index is 0.000239. The Balaban J connectivity index is 1.94. The molecule has 23 heavy (non-hydrogen) atoms. The van der Waals surface area contributed by atoms with Gasteiger partial charge in [0.15, 0.2) is 0 Å². The van der Waals surface area contributed by atoms with E-state index in [4.69, 9.17) is 10.5 Å². The molecule has 2 aromatic carbocycles. The Morgan fingerprint density at radius 2 is 1.96 bits per heavy atom. The summed E-state index contributed by atoms with van der Waals surface area (Å²) >= 11 is 0. The molecule has 0 unspecified atom stereocenters. The maximum absolute atomic E-state index is 12.9. The molecule has 0 saturated carbocycles. The van der Waals surface area contributed by atoms with E-state index < -0.39 is 0 Å². The van der Waals surface area contributed by atoms with Crippen LogP contribution >= 0.6 is 0 Å². The first-order valence-corrected chi connectivity index (χ1v) is 7.58. The number of amides is 1. The number of carbonyl (C=O) groups is 1. The summed E-state index contributed by atoms with van der Waals surface area (Å²) in [5.74, 6) is 0.988. The van der Waals surface area contributed by atoms with Gasteiger partial charge in [0.1, 0.15) is 17.3 Å². The normalized spacial score (nSPS) is 10.4. The molecule has 0 saturated heterocycles. The van der Waals surface area contributed by atoms with Crippen molar-refractivity contribution in [3.05, 3.63) is 59.4 Å². The van der Waals surface area contributed by atoms with Crippen molar-refractivity contribution < 1.29 is 13.9 Å². The van der Waals surface area contributed by atoms with Crippen molar-refractivity contribution in [2.24, 2.45) is 5.73 Å². The number of halogens is 1. The molecule has 122 valence electrons. The zero-order valence-electron chi connectivity index (χ0n) is 13.1. The van der Waals surface area contributed by atoms with Gasteiger partial charge in [-0.25, -0.2) is 4.39 Å². The molecule has 0 fully saturated rings. The van der Waals surface area contributed by atoms with Crippen LogP contribution in [0.25, 0.3) is 0 Å². The molecule has 3 N–H and O–H groups in total. The van der Waals surface area contributed by atoms with Crippen LogP contribution < -0.4 is 15.8 Å². The number of hydrogen-bond acceptors (Lipinski definition) is 3. The Hall–Kier alpha value is -2.40. The van der Waals surface area contributed by atoms with E-state index in [9.17, 15) is 9.18 Å². The van der Waals surface area contributed by atoms with E-state index in [-0.39, 0.29) is 11.7 Å². The van der Waals surface area contributed by atoms with Crippen molar-refractivity contribution in [2.75, 3.05) is 6.54 Å². The largest absolute Gasteiger partial charge is 0.457 e. The summed E-state index contributed by atoms with van der Waals surface area (Å²) in [6.07, 6.45) is 1.14. The average Bonchev–Trinajstić information content (AvgIpc) is 2.55. The summed E-state index contributed by atoms with van der Waals surface area (Å²) in [4.78, 5) is 11.6. The lowest BCUT2D eigenvalue weighted by molar-refractivity contribution is -0.121. The van der Waals surface area contributed by atoms with E-state index in [0.29, 0.717) is 37.4 Å². The van der Waals surface area contributed by atoms with E-state index in [1.165, 1.54) is 12.1 Å². The van der Waals surface area contributed by atoms with Crippen LogP contribution in [0, 0.1) is 12.7 Å². The molecule has 0 aromatic heterocycles. The van der Waals surface area contributed by atoms with Crippen molar-refractivity contribution in [1.82, 2.24) is 5.32 Å². The number of carbonyl (C=O) groups excluding carboxylic acids is 1. The third-order valence-corrected chi connectivity index (χ3v) is 3.38. The molecule has 0 spiro atoms. The molecule has 0 aliphatic rings. The van der Waals surface area contributed by atoms with Crippen LogP contribution in [0.3, 0.4) is 0 Å². The lowest BCUT2D eigenvalue weighted by Gasteiger charge is -2.11. The monoisotopic (exact) mass is 316 g/mol. The first-order chi connectivity index (χ1) is 11.1. The highest BCUT2D eigenvalue weighted by Gasteiger charge is 2.05. The van der Waals surface area contributed by atoms with Gasteiger partial charge in [-0.2, -0.15) is 0 Å². The van der Waals surface area contributed by atoms with Crippen molar-refractivity contribution in [3.63, 3.8) is 0 Å². The standard InChI is InChI=1S/C18H21FN2O2/c1-13-11-14(12-21-18(22)3-2-10-20)4-9-17(13)23-16-7-5-15(19)6-8-16/h4-9,11H,2-3,10,12,20H2,1H3,(H,21,22). The molecule has 0 aliphatic heterocycles. The van der Waals surface area contributed by atoms with E-state index in [1.807, 2.05) is 25.1 Å². The Labute approximate surface area is 135 Å². The molecule has 0 bridgehead atoms. The van der Waals surface area contributed by atoms with Crippen LogP contribution in [-0.4, -0.2) is 12.5 Å². The predicted molar refractivity (Wildman–Crippen MR) is 87.8 cm³/mol. The Bertz CT molecular complexity index is 657. The van der Waals surface area contributed by atoms with Gasteiger partial charge in [-0.1, -0.05) is 12.1 Å². The van der Waals surface area contributed by atoms with Gasteiger partial charge in [0.05, 0.1) is 0 Å². The predicted octanol–water partition coefficient (Wildman–Crippen LogP) is 3.28. The summed E-state index contributed by atoms with van der Waals surface area (Å²) in [6, 6.07) is 11.6. The molecular formula is C18H21FN2O2. The van der Waals surface area contributed by atoms with Crippen molar-refractivity contribution >= 4 is 5.91 Å². The van der Waals surface area contributed by atoms with Gasteiger partial charge < -0.3 is 15.8 Å². The highest BCUT2D eigenvalue weighted by atomic mass is 19.1. The fraction of sp³-hybridized carbons (Fsp3) is 0.278. The molecular weight excluding hydrogens is 295 g/mol. The first kappa shape index (κ1) is 17.0. The molecule has 5 heteroatoms. The highest BCUT2D eigenvalue weighted by molar-refractivity contribution is 5.75. The van der Waals surface area contributed by atoms with Crippen LogP contribution in [0.1, 0.15) is 24.0 Å². The Kier molecular flexibility index (Phi) is 6.11. The fourth-order valence-corrected chi connectivity index (χ4v) is 2.12. The summed E-state index contributed by atoms with van der Waals surface area (Å²) in [5, 5.41) is 2.86. The molecule has 0 aliphatic carbocycles. The number of benzene rings is 2. The second-order valence-corrected chi connectivity index (χ2v) is 5.32. The minimum atomic E-state index is -0.296. The smallest absolute Gasteiger partial charge is 0.220 e. The minimum Gasteiger partial charge on any atom is -0.457 e. The number of ether oxygens (including phenoxy) is 1. The topological polar surface area (TPSA) is 64.4 Å². The molecule has 0 heterocycles. The number of hydrogen-bond donors (Lipinski definition) is 2. The van der Waals surface area contributed by atoms with E-state index >= 15 is 0 Å². The molecule has 2 rings (SSSR count). The number of nitrogens with two attached hydrogens (primary N) is 1. The number of nitrogens with one attached hydrogen (secondary N) is 1. The van der Waals surface area contributed by atoms with Crippen LogP contribution in [0.5, 0.6) is 11.5 Å². The van der Waals surface area contributed by atoms with Gasteiger partial charge in [0, 0.05) is 13.0 Å². The highest BCUT2D eigenvalue weighted by Crippen LogP contribution is 2.25. The van der Waals surface area contributed by atoms with Gasteiger partial charge in [-0.15, -0.1) is 0 Å². The van der Waals surface area contributed by atoms with Gasteiger partial charge in [-0.3, -0.25) is 4.79 Å². The summed E-state index contributed by atoms with van der Waals surface area (Å²) < 4.78 is 18.6. The van der Waals surface area contributed by atoms with Crippen LogP contribution in [0.2, 0.25) is 0 Å². The van der Waals surface area contributed by atoms with Crippen molar-refractivity contribution in [2.45, 2.75) is 26.3 Å². The third kappa shape index (κ3) is 5.38. The Morgan fingerprint density at radius 1 is 1.22 bits per heavy atom. The van der Waals surface area contributed by atoms with Crippen molar-refractivity contribution in [1.29, 1.82) is 0 Å². The van der Waals surface area contributed by atoms with E-state index in [0.717, 1.165) is 11.1 Å². The zero-order chi connectivity index (χ0) is 16.7. The third-order valence-electron chi connectivity index (χ3n) is 3.38. The average molecular weight is 316 g/mol. The summed E-state index contributed by atoms with van der Waals surface area (Å²) in [6.45, 7) is 2.92.